The number of carbonyl (C=O) groups is 1. The minimum absolute atomic E-state index is 0.0839. The largest absolute Gasteiger partial charge is 0.487 e. The molecule has 0 saturated heterocycles. The average Bonchev–Trinajstić information content (AvgIpc) is 3.27. The number of para-hydroxylation sites is 1. The molecule has 0 radical (unpaired) electrons. The third kappa shape index (κ3) is 5.59. The van der Waals surface area contributed by atoms with Crippen molar-refractivity contribution in [2.45, 2.75) is 33.3 Å². The number of hydrogen-bond acceptors (Lipinski definition) is 4. The van der Waals surface area contributed by atoms with Gasteiger partial charge in [-0.2, -0.15) is 0 Å². The first kappa shape index (κ1) is 26.2. The molecule has 9 heteroatoms. The Hall–Kier alpha value is -2.87. The predicted octanol–water partition coefficient (Wildman–Crippen LogP) is 7.46. The summed E-state index contributed by atoms with van der Waals surface area (Å²) in [6, 6.07) is 18.6. The Kier molecular flexibility index (Phi) is 8.34. The molecule has 186 valence electrons. The molecule has 0 saturated carbocycles. The van der Waals surface area contributed by atoms with Crippen molar-refractivity contribution >= 4 is 45.0 Å². The van der Waals surface area contributed by atoms with E-state index in [1.54, 1.807) is 22.9 Å². The van der Waals surface area contributed by atoms with Crippen LogP contribution >= 0.6 is 39.1 Å². The van der Waals surface area contributed by atoms with E-state index in [1.165, 1.54) is 0 Å². The van der Waals surface area contributed by atoms with Crippen LogP contribution in [-0.2, 0) is 6.61 Å². The van der Waals surface area contributed by atoms with Gasteiger partial charge in [0.2, 0.25) is 0 Å². The van der Waals surface area contributed by atoms with Gasteiger partial charge in [0.15, 0.2) is 0 Å². The zero-order chi connectivity index (χ0) is 25.8. The van der Waals surface area contributed by atoms with E-state index in [2.05, 4.69) is 45.4 Å². The van der Waals surface area contributed by atoms with Crippen LogP contribution in [0.25, 0.3) is 16.8 Å². The predicted molar refractivity (Wildman–Crippen MR) is 147 cm³/mol. The van der Waals surface area contributed by atoms with Crippen LogP contribution in [0.3, 0.4) is 0 Å². The van der Waals surface area contributed by atoms with E-state index in [1.807, 2.05) is 49.4 Å². The molecule has 4 rings (SSSR count). The first-order valence-corrected chi connectivity index (χ1v) is 13.0. The van der Waals surface area contributed by atoms with Crippen LogP contribution in [0.1, 0.15) is 48.4 Å². The van der Waals surface area contributed by atoms with Crippen molar-refractivity contribution in [3.63, 3.8) is 0 Å². The highest BCUT2D eigenvalue weighted by Crippen LogP contribution is 2.34. The SMILES string of the molecule is CCNC(=O)c1ccc(-c2ccc(OCc3c(C(C)C)nnn3-c3c(Cl)cccc3Cl)cc2Br)cc1. The highest BCUT2D eigenvalue weighted by molar-refractivity contribution is 9.10. The Morgan fingerprint density at radius 2 is 1.78 bits per heavy atom. The number of rotatable bonds is 8. The fourth-order valence-corrected chi connectivity index (χ4v) is 4.95. The molecule has 0 aliphatic rings. The first-order valence-electron chi connectivity index (χ1n) is 11.5. The Bertz CT molecular complexity index is 1370. The van der Waals surface area contributed by atoms with E-state index in [-0.39, 0.29) is 18.4 Å². The van der Waals surface area contributed by atoms with Gasteiger partial charge in [0.1, 0.15) is 23.7 Å². The molecule has 0 fully saturated rings. The number of ether oxygens (including phenoxy) is 1. The van der Waals surface area contributed by atoms with Gasteiger partial charge in [0.25, 0.3) is 5.91 Å². The van der Waals surface area contributed by atoms with Crippen molar-refractivity contribution in [2.75, 3.05) is 6.54 Å². The van der Waals surface area contributed by atoms with E-state index >= 15 is 0 Å². The third-order valence-electron chi connectivity index (χ3n) is 5.60. The summed E-state index contributed by atoms with van der Waals surface area (Å²) in [5, 5.41) is 12.5. The lowest BCUT2D eigenvalue weighted by Gasteiger charge is -2.14. The van der Waals surface area contributed by atoms with Crippen LogP contribution < -0.4 is 10.1 Å². The zero-order valence-electron chi connectivity index (χ0n) is 20.1. The number of benzene rings is 3. The molecule has 6 nitrogen and oxygen atoms in total. The summed E-state index contributed by atoms with van der Waals surface area (Å²) in [5.41, 5.74) is 4.77. The summed E-state index contributed by atoms with van der Waals surface area (Å²) in [4.78, 5) is 12.0. The molecule has 0 atom stereocenters. The van der Waals surface area contributed by atoms with Crippen LogP contribution in [0.4, 0.5) is 0 Å². The molecular weight excluding hydrogens is 563 g/mol. The van der Waals surface area contributed by atoms with E-state index in [0.717, 1.165) is 27.0 Å². The lowest BCUT2D eigenvalue weighted by Crippen LogP contribution is -2.22. The lowest BCUT2D eigenvalue weighted by atomic mass is 10.0. The second-order valence-corrected chi connectivity index (χ2v) is 10.1. The molecule has 0 unspecified atom stereocenters. The summed E-state index contributed by atoms with van der Waals surface area (Å²) in [5.74, 6) is 0.729. The number of hydrogen-bond donors (Lipinski definition) is 1. The molecule has 0 spiro atoms. The number of amides is 1. The maximum absolute atomic E-state index is 12.0. The Morgan fingerprint density at radius 3 is 2.39 bits per heavy atom. The monoisotopic (exact) mass is 586 g/mol. The van der Waals surface area contributed by atoms with E-state index in [4.69, 9.17) is 27.9 Å². The van der Waals surface area contributed by atoms with Crippen LogP contribution in [0.2, 0.25) is 10.0 Å². The molecule has 1 amide bonds. The van der Waals surface area contributed by atoms with E-state index in [9.17, 15) is 4.79 Å². The van der Waals surface area contributed by atoms with Gasteiger partial charge >= 0.3 is 0 Å². The molecule has 1 heterocycles. The highest BCUT2D eigenvalue weighted by atomic mass is 79.9. The maximum Gasteiger partial charge on any atom is 0.251 e. The third-order valence-corrected chi connectivity index (χ3v) is 6.87. The van der Waals surface area contributed by atoms with Gasteiger partial charge in [-0.3, -0.25) is 4.79 Å². The van der Waals surface area contributed by atoms with Gasteiger partial charge in [-0.15, -0.1) is 5.10 Å². The maximum atomic E-state index is 12.0. The van der Waals surface area contributed by atoms with E-state index < -0.39 is 0 Å². The number of aromatic nitrogens is 3. The van der Waals surface area contributed by atoms with Gasteiger partial charge in [-0.1, -0.05) is 76.4 Å². The lowest BCUT2D eigenvalue weighted by molar-refractivity contribution is 0.0956. The summed E-state index contributed by atoms with van der Waals surface area (Å²) in [6.07, 6.45) is 0. The van der Waals surface area contributed by atoms with Crippen molar-refractivity contribution < 1.29 is 9.53 Å². The van der Waals surface area contributed by atoms with Gasteiger partial charge in [-0.05, 0) is 66.4 Å². The fourth-order valence-electron chi connectivity index (χ4n) is 3.80. The molecule has 4 aromatic rings. The number of nitrogens with one attached hydrogen (secondary N) is 1. The first-order chi connectivity index (χ1) is 17.3. The van der Waals surface area contributed by atoms with Gasteiger partial charge in [0, 0.05) is 16.6 Å². The molecule has 0 bridgehead atoms. The van der Waals surface area contributed by atoms with E-state index in [0.29, 0.717) is 33.6 Å². The van der Waals surface area contributed by atoms with Crippen molar-refractivity contribution in [2.24, 2.45) is 0 Å². The summed E-state index contributed by atoms with van der Waals surface area (Å²) in [6.45, 7) is 6.82. The van der Waals surface area contributed by atoms with Gasteiger partial charge in [0.05, 0.1) is 15.7 Å². The Labute approximate surface area is 228 Å². The van der Waals surface area contributed by atoms with Gasteiger partial charge in [-0.25, -0.2) is 4.68 Å². The van der Waals surface area contributed by atoms with Crippen LogP contribution in [0, 0.1) is 0 Å². The van der Waals surface area contributed by atoms with Crippen molar-refractivity contribution in [1.82, 2.24) is 20.3 Å². The van der Waals surface area contributed by atoms with Crippen LogP contribution in [0.5, 0.6) is 5.75 Å². The standard InChI is InChI=1S/C27H25BrCl2N4O2/c1-4-31-27(35)18-10-8-17(9-11-18)20-13-12-19(14-21(20)28)36-15-24-25(16(2)3)32-33-34(24)26-22(29)6-5-7-23(26)30/h5-14,16H,4,15H2,1-3H3,(H,31,35). The van der Waals surface area contributed by atoms with Crippen LogP contribution in [-0.4, -0.2) is 27.4 Å². The number of carbonyl (C=O) groups excluding carboxylic acids is 1. The molecular formula is C27H25BrCl2N4O2. The van der Waals surface area contributed by atoms with Crippen molar-refractivity contribution in [1.29, 1.82) is 0 Å². The highest BCUT2D eigenvalue weighted by Gasteiger charge is 2.21. The minimum atomic E-state index is -0.0839. The molecule has 0 aliphatic carbocycles. The second kappa shape index (κ2) is 11.5. The zero-order valence-corrected chi connectivity index (χ0v) is 23.2. The molecule has 1 aromatic heterocycles. The number of halogens is 3. The molecule has 36 heavy (non-hydrogen) atoms. The Balaban J connectivity index is 1.57. The fraction of sp³-hybridized carbons (Fsp3) is 0.222. The summed E-state index contributed by atoms with van der Waals surface area (Å²) < 4.78 is 8.69. The molecule has 3 aromatic carbocycles. The topological polar surface area (TPSA) is 69.0 Å². The van der Waals surface area contributed by atoms with Crippen molar-refractivity contribution in [3.05, 3.63) is 92.1 Å². The normalized spacial score (nSPS) is 11.1. The number of nitrogens with zero attached hydrogens (tertiary/aromatic N) is 3. The Morgan fingerprint density at radius 1 is 1.08 bits per heavy atom. The quantitative estimate of drug-likeness (QED) is 0.232. The van der Waals surface area contributed by atoms with Gasteiger partial charge < -0.3 is 10.1 Å². The average molecular weight is 588 g/mol. The summed E-state index contributed by atoms with van der Waals surface area (Å²) >= 11 is 16.5. The summed E-state index contributed by atoms with van der Waals surface area (Å²) in [7, 11) is 0. The molecule has 0 aliphatic heterocycles. The second-order valence-electron chi connectivity index (χ2n) is 8.43. The minimum Gasteiger partial charge on any atom is -0.487 e. The molecule has 1 N–H and O–H groups in total. The van der Waals surface area contributed by atoms with Crippen molar-refractivity contribution in [3.8, 4) is 22.6 Å². The smallest absolute Gasteiger partial charge is 0.251 e. The van der Waals surface area contributed by atoms with Crippen LogP contribution in [0.15, 0.2) is 65.1 Å².